The van der Waals surface area contributed by atoms with E-state index in [4.69, 9.17) is 10.5 Å². The largest absolute Gasteiger partial charge is 0.494 e. The summed E-state index contributed by atoms with van der Waals surface area (Å²) in [5, 5.41) is 28.6. The van der Waals surface area contributed by atoms with Crippen molar-refractivity contribution in [3.8, 4) is 5.75 Å². The highest BCUT2D eigenvalue weighted by Gasteiger charge is 2.16. The van der Waals surface area contributed by atoms with Crippen LogP contribution < -0.4 is 10.5 Å². The van der Waals surface area contributed by atoms with Crippen LogP contribution in [0.15, 0.2) is 109 Å². The summed E-state index contributed by atoms with van der Waals surface area (Å²) >= 11 is 0. The summed E-state index contributed by atoms with van der Waals surface area (Å²) in [6.45, 7) is -0.436. The van der Waals surface area contributed by atoms with Crippen molar-refractivity contribution in [2.24, 2.45) is 20.5 Å². The van der Waals surface area contributed by atoms with Gasteiger partial charge in [0.05, 0.1) is 35.7 Å². The molecule has 0 atom stereocenters. The smallest absolute Gasteiger partial charge is 0.295 e. The Bertz CT molecular complexity index is 2180. The van der Waals surface area contributed by atoms with Crippen LogP contribution in [0.5, 0.6) is 5.75 Å². The molecule has 5 aromatic carbocycles. The monoisotopic (exact) mass is 621 g/mol. The molecule has 0 heterocycles. The number of aliphatic hydroxyl groups is 1. The molecule has 5 rings (SSSR count). The van der Waals surface area contributed by atoms with E-state index in [0.717, 1.165) is 0 Å². The lowest BCUT2D eigenvalue weighted by molar-refractivity contribution is 0.282. The van der Waals surface area contributed by atoms with E-state index in [2.05, 4.69) is 20.5 Å². The number of fused-ring (bicyclic) bond motifs is 2. The molecule has 220 valence electrons. The number of hydrogen-bond acceptors (Lipinski definition) is 11. The highest BCUT2D eigenvalue weighted by Crippen LogP contribution is 2.39. The third-order valence-electron chi connectivity index (χ3n) is 6.49. The van der Waals surface area contributed by atoms with Crippen LogP contribution in [0.1, 0.15) is 5.56 Å². The lowest BCUT2D eigenvalue weighted by Crippen LogP contribution is -1.98. The minimum atomic E-state index is -4.47. The molecule has 43 heavy (non-hydrogen) atoms. The average molecular weight is 622 g/mol. The number of ether oxygens (including phenoxy) is 1. The van der Waals surface area contributed by atoms with Crippen molar-refractivity contribution >= 4 is 70.2 Å². The maximum Gasteiger partial charge on any atom is 0.295 e. The topological polar surface area (TPSA) is 214 Å². The molecule has 13 nitrogen and oxygen atoms in total. The van der Waals surface area contributed by atoms with Gasteiger partial charge in [0.15, 0.2) is 0 Å². The zero-order chi connectivity index (χ0) is 30.9. The van der Waals surface area contributed by atoms with Crippen molar-refractivity contribution in [1.29, 1.82) is 0 Å². The molecule has 15 heteroatoms. The fourth-order valence-corrected chi connectivity index (χ4v) is 5.59. The van der Waals surface area contributed by atoms with Crippen molar-refractivity contribution in [2.75, 3.05) is 12.8 Å². The average Bonchev–Trinajstić information content (AvgIpc) is 2.98. The highest BCUT2D eigenvalue weighted by atomic mass is 32.2. The lowest BCUT2D eigenvalue weighted by Gasteiger charge is -2.09. The van der Waals surface area contributed by atoms with E-state index < -0.39 is 26.8 Å². The number of anilines is 1. The van der Waals surface area contributed by atoms with Crippen LogP contribution in [0, 0.1) is 0 Å². The molecule has 0 aliphatic rings. The van der Waals surface area contributed by atoms with E-state index in [0.29, 0.717) is 33.1 Å². The molecule has 0 spiro atoms. The van der Waals surface area contributed by atoms with Crippen LogP contribution in [-0.2, 0) is 26.8 Å². The quantitative estimate of drug-likeness (QED) is 0.0855. The van der Waals surface area contributed by atoms with Gasteiger partial charge in [0.1, 0.15) is 16.3 Å². The Balaban J connectivity index is 1.51. The summed E-state index contributed by atoms with van der Waals surface area (Å²) < 4.78 is 71.2. The van der Waals surface area contributed by atoms with Crippen molar-refractivity contribution in [3.63, 3.8) is 0 Å². The van der Waals surface area contributed by atoms with Gasteiger partial charge < -0.3 is 15.6 Å². The number of nitrogens with zero attached hydrogens (tertiary/aromatic N) is 4. The van der Waals surface area contributed by atoms with Crippen molar-refractivity contribution in [1.82, 2.24) is 0 Å². The fraction of sp³-hybridized carbons (Fsp3) is 0.0714. The second-order valence-electron chi connectivity index (χ2n) is 9.20. The number of hydrogen-bond donors (Lipinski definition) is 4. The fourth-order valence-electron chi connectivity index (χ4n) is 4.38. The molecule has 5 N–H and O–H groups in total. The van der Waals surface area contributed by atoms with E-state index in [-0.39, 0.29) is 38.0 Å². The van der Waals surface area contributed by atoms with Gasteiger partial charge in [-0.2, -0.15) is 27.1 Å². The maximum atomic E-state index is 11.8. The Labute approximate surface area is 245 Å². The van der Waals surface area contributed by atoms with Gasteiger partial charge in [-0.1, -0.05) is 24.3 Å². The summed E-state index contributed by atoms with van der Waals surface area (Å²) in [4.78, 5) is -0.579. The van der Waals surface area contributed by atoms with E-state index >= 15 is 0 Å². The first kappa shape index (κ1) is 29.7. The van der Waals surface area contributed by atoms with Crippen molar-refractivity contribution < 1.29 is 35.8 Å². The van der Waals surface area contributed by atoms with Crippen LogP contribution in [0.3, 0.4) is 0 Å². The minimum absolute atomic E-state index is 0.244. The summed E-state index contributed by atoms with van der Waals surface area (Å²) in [5.74, 6) is 0.246. The number of methoxy groups -OCH3 is 1. The molecular weight excluding hydrogens is 598 g/mol. The van der Waals surface area contributed by atoms with Crippen LogP contribution >= 0.6 is 0 Å². The standard InChI is InChI=1S/C28H23N5O8S2/c1-41-27-14-25(32-30-18-6-5-16-3-2-4-28(21(16)12-18)43(38,39)40)17(15-34)11-26(27)33-31-24-10-9-23(29)22-13-19(42(35,36)37)7-8-20(22)24/h2-14,34H,15,29H2,1H3,(H,35,36,37)(H,38,39,40). The molecule has 0 aliphatic heterocycles. The molecule has 0 radical (unpaired) electrons. The normalized spacial score (nSPS) is 12.6. The minimum Gasteiger partial charge on any atom is -0.494 e. The van der Waals surface area contributed by atoms with E-state index in [1.807, 2.05) is 0 Å². The Kier molecular flexibility index (Phi) is 7.92. The van der Waals surface area contributed by atoms with Gasteiger partial charge in [-0.15, -0.1) is 10.2 Å². The molecule has 0 amide bonds. The number of azo groups is 2. The number of aliphatic hydroxyl groups excluding tert-OH is 1. The summed E-state index contributed by atoms with van der Waals surface area (Å²) in [7, 11) is -7.50. The van der Waals surface area contributed by atoms with E-state index in [1.54, 1.807) is 24.3 Å². The maximum absolute atomic E-state index is 11.8. The van der Waals surface area contributed by atoms with Gasteiger partial charge in [0.2, 0.25) is 0 Å². The van der Waals surface area contributed by atoms with Gasteiger partial charge >= 0.3 is 0 Å². The highest BCUT2D eigenvalue weighted by molar-refractivity contribution is 7.86. The predicted molar refractivity (Wildman–Crippen MR) is 159 cm³/mol. The molecule has 0 unspecified atom stereocenters. The molecule has 0 saturated carbocycles. The summed E-state index contributed by atoms with van der Waals surface area (Å²) in [6, 6.07) is 19.2. The zero-order valence-corrected chi connectivity index (χ0v) is 23.9. The van der Waals surface area contributed by atoms with Gasteiger partial charge in [0.25, 0.3) is 20.2 Å². The number of rotatable bonds is 8. The molecular formula is C28H23N5O8S2. The van der Waals surface area contributed by atoms with Crippen LogP contribution in [0.25, 0.3) is 21.5 Å². The third-order valence-corrected chi connectivity index (χ3v) is 8.25. The Morgan fingerprint density at radius 2 is 1.47 bits per heavy atom. The van der Waals surface area contributed by atoms with Gasteiger partial charge in [-0.3, -0.25) is 9.11 Å². The molecule has 0 saturated heterocycles. The zero-order valence-electron chi connectivity index (χ0n) is 22.3. The van der Waals surface area contributed by atoms with Crippen LogP contribution in [0.2, 0.25) is 0 Å². The Morgan fingerprint density at radius 1 is 0.721 bits per heavy atom. The van der Waals surface area contributed by atoms with E-state index in [9.17, 15) is 31.0 Å². The Hall–Kier alpha value is -4.80. The molecule has 5 aromatic rings. The molecule has 0 fully saturated rings. The first-order valence-corrected chi connectivity index (χ1v) is 15.2. The van der Waals surface area contributed by atoms with Gasteiger partial charge in [-0.05, 0) is 53.9 Å². The van der Waals surface area contributed by atoms with Crippen molar-refractivity contribution in [2.45, 2.75) is 16.4 Å². The van der Waals surface area contributed by atoms with Crippen LogP contribution in [0.4, 0.5) is 28.4 Å². The third kappa shape index (κ3) is 6.20. The SMILES string of the molecule is COc1cc(N=Nc2ccc3cccc(S(=O)(=O)O)c3c2)c(CO)cc1N=Nc1ccc(N)c2cc(S(=O)(=O)O)ccc12. The first-order valence-electron chi connectivity index (χ1n) is 12.3. The molecule has 0 aromatic heterocycles. The summed E-state index contributed by atoms with van der Waals surface area (Å²) in [5.41, 5.74) is 7.76. The number of benzene rings is 5. The second-order valence-corrected chi connectivity index (χ2v) is 12.0. The van der Waals surface area contributed by atoms with E-state index in [1.165, 1.54) is 61.7 Å². The van der Waals surface area contributed by atoms with Gasteiger partial charge in [0, 0.05) is 33.5 Å². The second kappa shape index (κ2) is 11.5. The summed E-state index contributed by atoms with van der Waals surface area (Å²) in [6.07, 6.45) is 0. The Morgan fingerprint density at radius 3 is 2.16 bits per heavy atom. The molecule has 0 bridgehead atoms. The van der Waals surface area contributed by atoms with Crippen molar-refractivity contribution in [3.05, 3.63) is 84.4 Å². The predicted octanol–water partition coefficient (Wildman–Crippen LogP) is 6.40. The van der Waals surface area contributed by atoms with Crippen LogP contribution in [-0.4, -0.2) is 38.2 Å². The number of nitrogen functional groups attached to an aromatic ring is 1. The number of nitrogens with two attached hydrogens (primary N) is 1. The molecule has 0 aliphatic carbocycles. The first-order chi connectivity index (χ1) is 20.4. The van der Waals surface area contributed by atoms with Gasteiger partial charge in [-0.25, -0.2) is 0 Å². The lowest BCUT2D eigenvalue weighted by atomic mass is 10.1.